The van der Waals surface area contributed by atoms with E-state index in [1.165, 1.54) is 22.9 Å². The number of thiophene rings is 1. The Morgan fingerprint density at radius 2 is 2.03 bits per heavy atom. The van der Waals surface area contributed by atoms with Gasteiger partial charge in [0.05, 0.1) is 33.2 Å². The summed E-state index contributed by atoms with van der Waals surface area (Å²) in [6, 6.07) is 11.0. The van der Waals surface area contributed by atoms with Gasteiger partial charge in [0.2, 0.25) is 0 Å². The third kappa shape index (κ3) is 6.28. The molecule has 1 aliphatic carbocycles. The van der Waals surface area contributed by atoms with Gasteiger partial charge in [-0.2, -0.15) is 5.10 Å². The summed E-state index contributed by atoms with van der Waals surface area (Å²) in [7, 11) is 0. The van der Waals surface area contributed by atoms with Crippen LogP contribution in [-0.2, 0) is 17.6 Å². The van der Waals surface area contributed by atoms with Crippen molar-refractivity contribution >= 4 is 90.6 Å². The van der Waals surface area contributed by atoms with E-state index in [4.69, 9.17) is 9.72 Å². The normalized spacial score (nSPS) is 13.1. The summed E-state index contributed by atoms with van der Waals surface area (Å²) in [6.45, 7) is 2.47. The molecule has 0 atom stereocenters. The molecule has 202 valence electrons. The van der Waals surface area contributed by atoms with Gasteiger partial charge >= 0.3 is 0 Å². The molecule has 2 aromatic carbocycles. The molecule has 0 saturated carbocycles. The van der Waals surface area contributed by atoms with Crippen LogP contribution in [0.3, 0.4) is 0 Å². The van der Waals surface area contributed by atoms with Crippen LogP contribution in [0.15, 0.2) is 51.5 Å². The molecule has 0 spiro atoms. The van der Waals surface area contributed by atoms with E-state index in [2.05, 4.69) is 33.1 Å². The van der Waals surface area contributed by atoms with Crippen LogP contribution in [0.5, 0.6) is 11.5 Å². The highest BCUT2D eigenvalue weighted by molar-refractivity contribution is 14.1. The van der Waals surface area contributed by atoms with Crippen molar-refractivity contribution in [3.8, 4) is 17.2 Å². The van der Waals surface area contributed by atoms with Crippen LogP contribution < -0.4 is 15.7 Å². The number of halogens is 2. The van der Waals surface area contributed by atoms with Gasteiger partial charge < -0.3 is 9.84 Å². The molecule has 2 aromatic heterocycles. The number of rotatable bonds is 8. The predicted molar refractivity (Wildman–Crippen MR) is 173 cm³/mol. The minimum atomic E-state index is -0.353. The molecule has 0 fully saturated rings. The van der Waals surface area contributed by atoms with E-state index < -0.39 is 0 Å². The summed E-state index contributed by atoms with van der Waals surface area (Å²) in [4.78, 5) is 33.4. The lowest BCUT2D eigenvalue weighted by Crippen LogP contribution is -2.24. The molecule has 0 radical (unpaired) electrons. The summed E-state index contributed by atoms with van der Waals surface area (Å²) >= 11 is 6.97. The number of benzene rings is 2. The molecule has 39 heavy (non-hydrogen) atoms. The van der Waals surface area contributed by atoms with E-state index in [1.807, 2.05) is 59.8 Å². The summed E-state index contributed by atoms with van der Waals surface area (Å²) in [5, 5.41) is 15.4. The zero-order valence-electron chi connectivity index (χ0n) is 20.9. The molecule has 1 amide bonds. The first kappa shape index (κ1) is 28.4. The van der Waals surface area contributed by atoms with Gasteiger partial charge in [0.15, 0.2) is 5.16 Å². The Morgan fingerprint density at radius 3 is 2.79 bits per heavy atom. The number of nitrogens with zero attached hydrogens (tertiary/aromatic N) is 3. The van der Waals surface area contributed by atoms with Crippen molar-refractivity contribution in [1.82, 2.24) is 15.0 Å². The standard InChI is InChI=1S/C27H24I2N4O4S2/c1-2-37-18-9-7-17(8-10-18)33-26(36)23-19-5-3-4-6-21(19)39-25(23)31-27(33)38-14-22(34)32-30-13-15-11-16(28)12-20(29)24(15)35/h7-13,35H,2-6,14H2,1H3,(H,32,34)/b30-13+. The van der Waals surface area contributed by atoms with Crippen LogP contribution >= 0.6 is 68.3 Å². The number of hydrogen-bond donors (Lipinski definition) is 2. The molecule has 12 heteroatoms. The highest BCUT2D eigenvalue weighted by Gasteiger charge is 2.23. The van der Waals surface area contributed by atoms with Gasteiger partial charge in [0.1, 0.15) is 16.3 Å². The van der Waals surface area contributed by atoms with E-state index >= 15 is 0 Å². The fourth-order valence-electron chi connectivity index (χ4n) is 4.39. The number of hydrazone groups is 1. The molecular weight excluding hydrogens is 762 g/mol. The molecule has 2 heterocycles. The monoisotopic (exact) mass is 786 g/mol. The Bertz CT molecular complexity index is 1630. The van der Waals surface area contributed by atoms with Gasteiger partial charge in [-0.15, -0.1) is 11.3 Å². The first-order valence-corrected chi connectivity index (χ1v) is 16.2. The van der Waals surface area contributed by atoms with Crippen LogP contribution in [0.25, 0.3) is 15.9 Å². The third-order valence-corrected chi connectivity index (χ3v) is 9.72. The van der Waals surface area contributed by atoms with Gasteiger partial charge in [-0.1, -0.05) is 11.8 Å². The Kier molecular flexibility index (Phi) is 9.13. The maximum Gasteiger partial charge on any atom is 0.267 e. The molecule has 0 aliphatic heterocycles. The average Bonchev–Trinajstić information content (AvgIpc) is 3.30. The fraction of sp³-hybridized carbons (Fsp3) is 0.259. The zero-order valence-corrected chi connectivity index (χ0v) is 26.8. The maximum atomic E-state index is 13.9. The minimum absolute atomic E-state index is 0.00719. The Balaban J connectivity index is 1.42. The number of phenols is 1. The molecule has 8 nitrogen and oxygen atoms in total. The Hall–Kier alpha value is -2.17. The summed E-state index contributed by atoms with van der Waals surface area (Å²) in [5.41, 5.74) is 4.68. The lowest BCUT2D eigenvalue weighted by molar-refractivity contribution is -0.118. The lowest BCUT2D eigenvalue weighted by Gasteiger charge is -2.14. The third-order valence-electron chi connectivity index (χ3n) is 6.15. The van der Waals surface area contributed by atoms with Crippen LogP contribution in [0.4, 0.5) is 0 Å². The number of hydrogen-bond acceptors (Lipinski definition) is 8. The summed E-state index contributed by atoms with van der Waals surface area (Å²) in [6.07, 6.45) is 5.46. The maximum absolute atomic E-state index is 13.9. The Labute approximate surface area is 260 Å². The second-order valence-corrected chi connectivity index (χ2v) is 13.2. The van der Waals surface area contributed by atoms with Gasteiger partial charge in [-0.25, -0.2) is 10.4 Å². The fourth-order valence-corrected chi connectivity index (χ4v) is 8.39. The number of amides is 1. The topological polar surface area (TPSA) is 106 Å². The van der Waals surface area contributed by atoms with Crippen molar-refractivity contribution in [3.63, 3.8) is 0 Å². The van der Waals surface area contributed by atoms with Crippen molar-refractivity contribution in [1.29, 1.82) is 0 Å². The van der Waals surface area contributed by atoms with Gasteiger partial charge in [0.25, 0.3) is 11.5 Å². The molecular formula is C27H24I2N4O4S2. The van der Waals surface area contributed by atoms with E-state index in [0.717, 1.165) is 45.4 Å². The number of phenolic OH excluding ortho intramolecular Hbond substituents is 1. The number of aromatic nitrogens is 2. The average molecular weight is 786 g/mol. The number of carbonyl (C=O) groups excluding carboxylic acids is 1. The van der Waals surface area contributed by atoms with E-state index in [1.54, 1.807) is 22.0 Å². The van der Waals surface area contributed by atoms with Crippen LogP contribution in [0.2, 0.25) is 0 Å². The van der Waals surface area contributed by atoms with Gasteiger partial charge in [0, 0.05) is 14.0 Å². The molecule has 0 bridgehead atoms. The molecule has 5 rings (SSSR count). The van der Waals surface area contributed by atoms with Crippen molar-refractivity contribution in [2.24, 2.45) is 5.10 Å². The van der Waals surface area contributed by atoms with Crippen molar-refractivity contribution in [2.45, 2.75) is 37.8 Å². The largest absolute Gasteiger partial charge is 0.506 e. The number of nitrogens with one attached hydrogen (secondary N) is 1. The predicted octanol–water partition coefficient (Wildman–Crippen LogP) is 5.88. The molecule has 0 unspecified atom stereocenters. The Morgan fingerprint density at radius 1 is 1.26 bits per heavy atom. The van der Waals surface area contributed by atoms with E-state index in [0.29, 0.717) is 32.0 Å². The van der Waals surface area contributed by atoms with Crippen LogP contribution in [-0.4, -0.2) is 39.1 Å². The lowest BCUT2D eigenvalue weighted by atomic mass is 9.97. The number of thioether (sulfide) groups is 1. The quantitative estimate of drug-likeness (QED) is 0.0761. The molecule has 2 N–H and O–H groups in total. The van der Waals surface area contributed by atoms with Crippen molar-refractivity contribution in [3.05, 3.63) is 69.9 Å². The second kappa shape index (κ2) is 12.6. The van der Waals surface area contributed by atoms with Crippen molar-refractivity contribution in [2.75, 3.05) is 12.4 Å². The SMILES string of the molecule is CCOc1ccc(-n2c(SCC(=O)N/N=C/c3cc(I)cc(I)c3O)nc3sc4c(c3c2=O)CCCC4)cc1. The second-order valence-electron chi connectivity index (χ2n) is 8.76. The number of carbonyl (C=O) groups is 1. The van der Waals surface area contributed by atoms with Gasteiger partial charge in [-0.3, -0.25) is 14.2 Å². The van der Waals surface area contributed by atoms with E-state index in [-0.39, 0.29) is 23.0 Å². The first-order chi connectivity index (χ1) is 18.9. The number of aryl methyl sites for hydroxylation is 2. The zero-order chi connectivity index (χ0) is 27.5. The molecule has 1 aliphatic rings. The number of fused-ring (bicyclic) bond motifs is 3. The van der Waals surface area contributed by atoms with E-state index in [9.17, 15) is 14.7 Å². The summed E-state index contributed by atoms with van der Waals surface area (Å²) in [5.74, 6) is 0.484. The molecule has 0 saturated heterocycles. The molecule has 4 aromatic rings. The number of aromatic hydroxyl groups is 1. The minimum Gasteiger partial charge on any atom is -0.506 e. The van der Waals surface area contributed by atoms with Gasteiger partial charge in [-0.05, 0) is 120 Å². The summed E-state index contributed by atoms with van der Waals surface area (Å²) < 4.78 is 8.81. The first-order valence-electron chi connectivity index (χ1n) is 12.3. The highest BCUT2D eigenvalue weighted by atomic mass is 127. The van der Waals surface area contributed by atoms with Crippen molar-refractivity contribution < 1.29 is 14.6 Å². The van der Waals surface area contributed by atoms with Crippen LogP contribution in [0.1, 0.15) is 35.8 Å². The number of ether oxygens (including phenoxy) is 1. The van der Waals surface area contributed by atoms with Crippen LogP contribution in [0, 0.1) is 7.14 Å². The smallest absolute Gasteiger partial charge is 0.267 e. The highest BCUT2D eigenvalue weighted by Crippen LogP contribution is 2.35.